The van der Waals surface area contributed by atoms with Gasteiger partial charge >= 0.3 is 0 Å². The number of hydrogen-bond donors (Lipinski definition) is 4. The zero-order valence-electron chi connectivity index (χ0n) is 67.6. The molecule has 3 aromatic carbocycles. The molecule has 8 aliphatic heterocycles. The zero-order valence-corrected chi connectivity index (χ0v) is 68.4. The Hall–Kier alpha value is -12.9. The number of fused-ring (bicyclic) bond motifs is 12. The average Bonchev–Trinajstić information content (AvgIpc) is 1.75. The molecule has 4 saturated carbocycles. The molecule has 0 spiro atoms. The van der Waals surface area contributed by atoms with E-state index in [0.29, 0.717) is 75.7 Å². The van der Waals surface area contributed by atoms with Crippen LogP contribution in [-0.4, -0.2) is 193 Å². The largest absolute Gasteiger partial charge is 0.365 e. The number of halogens is 3. The third-order valence-corrected chi connectivity index (χ3v) is 24.8. The molecule has 24 rings (SSSR count). The van der Waals surface area contributed by atoms with Gasteiger partial charge in [-0.1, -0.05) is 54.1 Å². The number of anilines is 4. The van der Waals surface area contributed by atoms with Crippen LogP contribution in [-0.2, 0) is 0 Å². The summed E-state index contributed by atoms with van der Waals surface area (Å²) in [7, 11) is 0. The lowest BCUT2D eigenvalue weighted by Crippen LogP contribution is -2.59. The van der Waals surface area contributed by atoms with E-state index in [1.54, 1.807) is 86.0 Å². The van der Waals surface area contributed by atoms with Crippen molar-refractivity contribution >= 4 is 58.5 Å². The van der Waals surface area contributed by atoms with Gasteiger partial charge < -0.3 is 40.9 Å². The van der Waals surface area contributed by atoms with Crippen LogP contribution in [0.5, 0.6) is 0 Å². The molecule has 12 unspecified atom stereocenters. The molecule has 17 heterocycles. The fourth-order valence-corrected chi connectivity index (χ4v) is 19.0. The second kappa shape index (κ2) is 35.9. The Balaban J connectivity index is 0.000000115. The number of pyridine rings is 5. The average molecular weight is 1650 g/mol. The maximum atomic E-state index is 14.8. The first-order valence-electron chi connectivity index (χ1n) is 41.6. The number of aromatic nitrogens is 15. The number of carbonyl (C=O) groups excluding carboxylic acids is 4. The molecule has 12 fully saturated rings. The Labute approximate surface area is 704 Å². The van der Waals surface area contributed by atoms with Crippen molar-refractivity contribution in [2.24, 2.45) is 23.7 Å². The topological polar surface area (TPSA) is 307 Å². The highest BCUT2D eigenvalue weighted by molar-refractivity contribution is 6.30. The molecule has 8 bridgehead atoms. The minimum Gasteiger partial charge on any atom is -0.365 e. The maximum Gasteiger partial charge on any atom is 0.256 e. The van der Waals surface area contributed by atoms with Crippen molar-refractivity contribution in [1.82, 2.24) is 94.4 Å². The molecule has 0 radical (unpaired) electrons. The second-order valence-corrected chi connectivity index (χ2v) is 33.3. The van der Waals surface area contributed by atoms with Gasteiger partial charge in [-0.15, -0.1) is 4.80 Å². The fraction of sp³-hybridized carbons (Fsp3) is 0.352. The third kappa shape index (κ3) is 17.9. The summed E-state index contributed by atoms with van der Waals surface area (Å²) in [5.74, 6) is 4.50. The van der Waals surface area contributed by atoms with E-state index in [-0.39, 0.29) is 94.6 Å². The van der Waals surface area contributed by atoms with Crippen molar-refractivity contribution in [3.8, 4) is 34.3 Å². The SMILES string of the molecule is Cc1ccc(NC2CC3CCC2N(C(=O)c2cccc(F)c2-c2ncccn2)C3)nc1.Cc1ccc(NC2CC3CCC2N(C(=O)c2cccc(F)c2-n2nccn2)C3)nc1.Cc1ccc(NC2CC3CCC2N(C(=O)c2ccccc2-n2nccn2)C3)nc1.Cc1cnc(-c2ncccn2)c(C(=O)N2CC3CCC2C(Nc2ccc(Cl)cn2)C3)c1. The summed E-state index contributed by atoms with van der Waals surface area (Å²) in [4.78, 5) is 104. The van der Waals surface area contributed by atoms with Gasteiger partial charge in [0, 0.05) is 106 Å². The molecule has 8 saturated heterocycles. The molecule has 4 N–H and O–H groups in total. The minimum atomic E-state index is -0.516. The molecule has 12 aliphatic rings. The van der Waals surface area contributed by atoms with E-state index in [1.807, 2.05) is 139 Å². The monoisotopic (exact) mass is 1650 g/mol. The Kier molecular flexibility index (Phi) is 23.9. The Morgan fingerprint density at radius 2 is 0.736 bits per heavy atom. The Bertz CT molecular complexity index is 5530. The number of hydrogen-bond acceptors (Lipinski definition) is 21. The predicted octanol–water partition coefficient (Wildman–Crippen LogP) is 14.4. The van der Waals surface area contributed by atoms with Gasteiger partial charge in [-0.05, 0) is 236 Å². The van der Waals surface area contributed by atoms with Crippen molar-refractivity contribution in [3.05, 3.63) is 269 Å². The van der Waals surface area contributed by atoms with Crippen LogP contribution in [0.4, 0.5) is 32.1 Å². The van der Waals surface area contributed by atoms with Crippen LogP contribution in [0.25, 0.3) is 34.3 Å². The summed E-state index contributed by atoms with van der Waals surface area (Å²) >= 11 is 5.97. The molecular formula is C91H94ClF2N23O4. The van der Waals surface area contributed by atoms with E-state index in [1.165, 1.54) is 40.5 Å². The second-order valence-electron chi connectivity index (χ2n) is 32.8. The highest BCUT2D eigenvalue weighted by Crippen LogP contribution is 2.43. The lowest BCUT2D eigenvalue weighted by atomic mass is 9.76. The van der Waals surface area contributed by atoms with E-state index in [9.17, 15) is 28.0 Å². The molecule has 27 nitrogen and oxygen atoms in total. The fourth-order valence-electron chi connectivity index (χ4n) is 18.9. The molecule has 12 aromatic rings. The summed E-state index contributed by atoms with van der Waals surface area (Å²) in [6.45, 7) is 10.9. The standard InChI is InChI=1S/C24H24FN5O.C23H23ClN6O.C22H23FN6O.C22H24N6O/c1-15-6-9-21(28-13-15)29-19-12-16-7-8-20(19)30(14-16)24(31)17-4-2-5-18(25)22(17)23-26-10-3-11-27-23;1-14-9-17(21(28-11-14)22-25-7-2-8-26-22)23(31)30-13-15-3-5-19(30)18(10-15)29-20-6-4-16(24)12-27-20;1-14-5-8-20(24-12-14)27-18-11-15-6-7-19(18)28(13-15)22(30)16-3-2-4-17(23)21(16)29-25-9-10-26-29;1-15-6-9-21(23-13-15)26-18-12-16-7-8-20(18)27(14-16)22(29)17-4-2-3-5-19(17)28-24-10-11-25-28/h2-6,9-11,13,16,19-20H,7-8,12,14H2,1H3,(H,28,29);2,4,6-9,11-12,15,18-19H,3,5,10,13H2,1H3,(H,27,29);2-5,8-10,12,15,18-19H,6-7,11,13H2,1H3,(H,24,27);2-6,9-11,13,16,18,20H,7-8,12,14H2,1H3,(H,23,26). The number of carbonyl (C=O) groups is 4. The van der Waals surface area contributed by atoms with Gasteiger partial charge in [-0.3, -0.25) is 24.2 Å². The van der Waals surface area contributed by atoms with Gasteiger partial charge in [0.1, 0.15) is 40.5 Å². The highest BCUT2D eigenvalue weighted by atomic mass is 35.5. The predicted molar refractivity (Wildman–Crippen MR) is 455 cm³/mol. The van der Waals surface area contributed by atoms with E-state index >= 15 is 0 Å². The molecule has 4 aliphatic carbocycles. The molecule has 30 heteroatoms. The molecular weight excluding hydrogens is 1550 g/mol. The van der Waals surface area contributed by atoms with Crippen LogP contribution in [0.3, 0.4) is 0 Å². The first-order chi connectivity index (χ1) is 59.0. The van der Waals surface area contributed by atoms with Crippen molar-refractivity contribution in [3.63, 3.8) is 0 Å². The third-order valence-electron chi connectivity index (χ3n) is 24.6. The lowest BCUT2D eigenvalue weighted by Gasteiger charge is -2.50. The zero-order chi connectivity index (χ0) is 83.2. The number of rotatable bonds is 16. The number of benzene rings is 3. The Morgan fingerprint density at radius 1 is 0.355 bits per heavy atom. The molecule has 9 aromatic heterocycles. The smallest absolute Gasteiger partial charge is 0.256 e. The van der Waals surface area contributed by atoms with Gasteiger partial charge in [0.05, 0.1) is 87.5 Å². The van der Waals surface area contributed by atoms with Gasteiger partial charge in [-0.25, -0.2) is 48.7 Å². The molecule has 4 amide bonds. The van der Waals surface area contributed by atoms with Crippen molar-refractivity contribution in [2.75, 3.05) is 47.4 Å². The number of piperidine rings is 8. The highest BCUT2D eigenvalue weighted by Gasteiger charge is 2.48. The number of aryl methyl sites for hydroxylation is 4. The first-order valence-corrected chi connectivity index (χ1v) is 42.0. The lowest BCUT2D eigenvalue weighted by molar-refractivity contribution is 0.0277. The van der Waals surface area contributed by atoms with Crippen molar-refractivity contribution < 1.29 is 28.0 Å². The van der Waals surface area contributed by atoms with Crippen LogP contribution in [0.2, 0.25) is 5.02 Å². The quantitative estimate of drug-likeness (QED) is 0.0698. The number of nitrogens with one attached hydrogen (secondary N) is 4. The summed E-state index contributed by atoms with van der Waals surface area (Å²) in [5.41, 5.74) is 7.59. The molecule has 121 heavy (non-hydrogen) atoms. The summed E-state index contributed by atoms with van der Waals surface area (Å²) < 4.78 is 29.4. The van der Waals surface area contributed by atoms with Crippen LogP contribution in [0.1, 0.15) is 141 Å². The molecule has 12 atom stereocenters. The first kappa shape index (κ1) is 80.5. The van der Waals surface area contributed by atoms with Crippen LogP contribution in [0.15, 0.2) is 208 Å². The van der Waals surface area contributed by atoms with Crippen molar-refractivity contribution in [1.29, 1.82) is 0 Å². The Morgan fingerprint density at radius 3 is 1.17 bits per heavy atom. The number of para-hydroxylation sites is 2. The van der Waals surface area contributed by atoms with Gasteiger partial charge in [0.2, 0.25) is 0 Å². The summed E-state index contributed by atoms with van der Waals surface area (Å²) in [6.07, 6.45) is 34.0. The normalized spacial score (nSPS) is 22.7. The number of nitrogens with zero attached hydrogens (tertiary/aromatic N) is 19. The van der Waals surface area contributed by atoms with Gasteiger partial charge in [0.15, 0.2) is 17.5 Å². The van der Waals surface area contributed by atoms with Crippen LogP contribution < -0.4 is 21.3 Å². The number of amides is 4. The van der Waals surface area contributed by atoms with E-state index < -0.39 is 11.6 Å². The molecule has 618 valence electrons. The van der Waals surface area contributed by atoms with Crippen LogP contribution >= 0.6 is 11.6 Å². The maximum absolute atomic E-state index is 14.8. The summed E-state index contributed by atoms with van der Waals surface area (Å²) in [6, 6.07) is 38.7. The van der Waals surface area contributed by atoms with Crippen LogP contribution in [0, 0.1) is 63.0 Å². The van der Waals surface area contributed by atoms with E-state index in [2.05, 4.69) is 92.6 Å². The van der Waals surface area contributed by atoms with Gasteiger partial charge in [0.25, 0.3) is 23.6 Å². The van der Waals surface area contributed by atoms with E-state index in [4.69, 9.17) is 11.6 Å². The van der Waals surface area contributed by atoms with Crippen molar-refractivity contribution in [2.45, 2.75) is 153 Å². The summed E-state index contributed by atoms with van der Waals surface area (Å²) in [5, 5.41) is 31.3. The van der Waals surface area contributed by atoms with E-state index in [0.717, 1.165) is 129 Å². The minimum absolute atomic E-state index is 0.0103. The van der Waals surface area contributed by atoms with Gasteiger partial charge in [-0.2, -0.15) is 25.2 Å².